The minimum Gasteiger partial charge on any atom is -0.486 e. The summed E-state index contributed by atoms with van der Waals surface area (Å²) in [6, 6.07) is 17.9. The maximum atomic E-state index is 13.2. The quantitative estimate of drug-likeness (QED) is 0.494. The molecular formula is C23H17FN4O. The Kier molecular flexibility index (Phi) is 5.04. The summed E-state index contributed by atoms with van der Waals surface area (Å²) in [5.74, 6) is 0.164. The molecule has 4 aromatic rings. The molecule has 0 atom stereocenters. The van der Waals surface area contributed by atoms with Gasteiger partial charge in [0.2, 0.25) is 0 Å². The van der Waals surface area contributed by atoms with E-state index in [1.807, 2.05) is 43.5 Å². The highest BCUT2D eigenvalue weighted by atomic mass is 19.1. The van der Waals surface area contributed by atoms with Gasteiger partial charge in [0.15, 0.2) is 11.4 Å². The summed E-state index contributed by atoms with van der Waals surface area (Å²) in [6.07, 6.45) is 5.19. The van der Waals surface area contributed by atoms with Crippen molar-refractivity contribution < 1.29 is 9.13 Å². The number of hydrogen-bond donors (Lipinski definition) is 0. The van der Waals surface area contributed by atoms with E-state index in [9.17, 15) is 9.65 Å². The summed E-state index contributed by atoms with van der Waals surface area (Å²) in [6.45, 7) is 2.24. The third kappa shape index (κ3) is 3.85. The predicted octanol–water partition coefficient (Wildman–Crippen LogP) is 4.83. The van der Waals surface area contributed by atoms with Crippen LogP contribution in [0.2, 0.25) is 0 Å². The molecule has 0 saturated carbocycles. The number of benzene rings is 2. The zero-order valence-electron chi connectivity index (χ0n) is 15.7. The van der Waals surface area contributed by atoms with Gasteiger partial charge < -0.3 is 4.74 Å². The van der Waals surface area contributed by atoms with E-state index in [2.05, 4.69) is 16.2 Å². The molecule has 0 aliphatic carbocycles. The van der Waals surface area contributed by atoms with Crippen molar-refractivity contribution in [3.63, 3.8) is 0 Å². The van der Waals surface area contributed by atoms with Gasteiger partial charge in [-0.25, -0.2) is 14.1 Å². The molecule has 0 aliphatic heterocycles. The highest BCUT2D eigenvalue weighted by molar-refractivity contribution is 5.69. The molecule has 2 aromatic carbocycles. The summed E-state index contributed by atoms with van der Waals surface area (Å²) >= 11 is 0. The van der Waals surface area contributed by atoms with Gasteiger partial charge in [0.1, 0.15) is 18.5 Å². The standard InChI is InChI=1S/C23H17FN4O/c1-16-21(18-12-27-28(14-18)20-9-7-19(24)8-10-20)13-26-22(11-25)23(16)29-15-17-5-3-2-4-6-17/h2-10,12-14H,15H2,1H3. The molecule has 0 radical (unpaired) electrons. The minimum absolute atomic E-state index is 0.244. The van der Waals surface area contributed by atoms with Crippen molar-refractivity contribution >= 4 is 0 Å². The molecule has 6 heteroatoms. The molecule has 4 rings (SSSR count). The Hall–Kier alpha value is -3.98. The van der Waals surface area contributed by atoms with Gasteiger partial charge in [-0.1, -0.05) is 30.3 Å². The summed E-state index contributed by atoms with van der Waals surface area (Å²) in [5.41, 5.74) is 4.45. The Morgan fingerprint density at radius 3 is 2.55 bits per heavy atom. The van der Waals surface area contributed by atoms with Crippen LogP contribution in [-0.2, 0) is 6.61 Å². The van der Waals surface area contributed by atoms with E-state index in [0.29, 0.717) is 12.4 Å². The number of halogens is 1. The molecule has 0 unspecified atom stereocenters. The van der Waals surface area contributed by atoms with Crippen molar-refractivity contribution in [1.82, 2.24) is 14.8 Å². The van der Waals surface area contributed by atoms with E-state index in [1.165, 1.54) is 12.1 Å². The predicted molar refractivity (Wildman–Crippen MR) is 107 cm³/mol. The van der Waals surface area contributed by atoms with Gasteiger partial charge in [0, 0.05) is 29.1 Å². The molecule has 142 valence electrons. The molecule has 0 bridgehead atoms. The van der Waals surface area contributed by atoms with Gasteiger partial charge in [-0.15, -0.1) is 0 Å². The van der Waals surface area contributed by atoms with Crippen LogP contribution >= 0.6 is 0 Å². The second-order valence-electron chi connectivity index (χ2n) is 6.51. The summed E-state index contributed by atoms with van der Waals surface area (Å²) < 4.78 is 20.8. The van der Waals surface area contributed by atoms with Crippen molar-refractivity contribution in [3.8, 4) is 28.6 Å². The normalized spacial score (nSPS) is 10.5. The van der Waals surface area contributed by atoms with Gasteiger partial charge in [0.05, 0.1) is 11.9 Å². The Morgan fingerprint density at radius 2 is 1.83 bits per heavy atom. The smallest absolute Gasteiger partial charge is 0.182 e. The Morgan fingerprint density at radius 1 is 1.07 bits per heavy atom. The zero-order chi connectivity index (χ0) is 20.2. The topological polar surface area (TPSA) is 63.7 Å². The second-order valence-corrected chi connectivity index (χ2v) is 6.51. The highest BCUT2D eigenvalue weighted by Crippen LogP contribution is 2.32. The van der Waals surface area contributed by atoms with Crippen LogP contribution in [0.1, 0.15) is 16.8 Å². The van der Waals surface area contributed by atoms with E-state index >= 15 is 0 Å². The molecule has 2 heterocycles. The first-order chi connectivity index (χ1) is 14.2. The Bertz CT molecular complexity index is 1180. The van der Waals surface area contributed by atoms with E-state index in [-0.39, 0.29) is 11.5 Å². The lowest BCUT2D eigenvalue weighted by molar-refractivity contribution is 0.302. The van der Waals surface area contributed by atoms with Crippen LogP contribution in [0.5, 0.6) is 5.75 Å². The van der Waals surface area contributed by atoms with E-state index < -0.39 is 0 Å². The van der Waals surface area contributed by atoms with Crippen molar-refractivity contribution in [2.45, 2.75) is 13.5 Å². The average Bonchev–Trinajstić information content (AvgIpc) is 3.23. The number of nitriles is 1. The van der Waals surface area contributed by atoms with Gasteiger partial charge in [-0.2, -0.15) is 10.4 Å². The summed E-state index contributed by atoms with van der Waals surface area (Å²) in [4.78, 5) is 4.27. The van der Waals surface area contributed by atoms with Crippen molar-refractivity contribution in [2.75, 3.05) is 0 Å². The molecule has 0 amide bonds. The van der Waals surface area contributed by atoms with Crippen LogP contribution in [0, 0.1) is 24.1 Å². The van der Waals surface area contributed by atoms with Crippen molar-refractivity contribution in [2.24, 2.45) is 0 Å². The fourth-order valence-corrected chi connectivity index (χ4v) is 3.06. The average molecular weight is 384 g/mol. The monoisotopic (exact) mass is 384 g/mol. The maximum Gasteiger partial charge on any atom is 0.182 e. The lowest BCUT2D eigenvalue weighted by Crippen LogP contribution is -2.02. The lowest BCUT2D eigenvalue weighted by Gasteiger charge is -2.13. The number of rotatable bonds is 5. The first-order valence-corrected chi connectivity index (χ1v) is 9.03. The Labute approximate surface area is 167 Å². The number of hydrogen-bond acceptors (Lipinski definition) is 4. The van der Waals surface area contributed by atoms with Crippen LogP contribution in [0.25, 0.3) is 16.8 Å². The van der Waals surface area contributed by atoms with Gasteiger partial charge in [-0.05, 0) is 36.8 Å². The third-order valence-electron chi connectivity index (χ3n) is 4.60. The molecule has 5 nitrogen and oxygen atoms in total. The van der Waals surface area contributed by atoms with Gasteiger partial charge >= 0.3 is 0 Å². The lowest BCUT2D eigenvalue weighted by atomic mass is 10.0. The molecule has 0 saturated heterocycles. The highest BCUT2D eigenvalue weighted by Gasteiger charge is 2.16. The maximum absolute atomic E-state index is 13.2. The second kappa shape index (κ2) is 7.95. The van der Waals surface area contributed by atoms with Crippen molar-refractivity contribution in [3.05, 3.63) is 95.8 Å². The molecule has 0 N–H and O–H groups in total. The first-order valence-electron chi connectivity index (χ1n) is 9.03. The Balaban J connectivity index is 1.66. The molecule has 29 heavy (non-hydrogen) atoms. The number of ether oxygens (including phenoxy) is 1. The van der Waals surface area contributed by atoms with Crippen LogP contribution in [0.4, 0.5) is 4.39 Å². The van der Waals surface area contributed by atoms with Crippen LogP contribution in [0.15, 0.2) is 73.2 Å². The SMILES string of the molecule is Cc1c(-c2cnn(-c3ccc(F)cc3)c2)cnc(C#N)c1OCc1ccccc1. The van der Waals surface area contributed by atoms with Crippen molar-refractivity contribution in [1.29, 1.82) is 5.26 Å². The first kappa shape index (κ1) is 18.4. The van der Waals surface area contributed by atoms with Crippen LogP contribution in [0.3, 0.4) is 0 Å². The largest absolute Gasteiger partial charge is 0.486 e. The molecule has 0 fully saturated rings. The summed E-state index contributed by atoms with van der Waals surface area (Å²) in [5, 5.41) is 13.8. The van der Waals surface area contributed by atoms with Gasteiger partial charge in [-0.3, -0.25) is 0 Å². The fourth-order valence-electron chi connectivity index (χ4n) is 3.06. The van der Waals surface area contributed by atoms with Crippen LogP contribution in [-0.4, -0.2) is 14.8 Å². The molecular weight excluding hydrogens is 367 g/mol. The molecule has 0 spiro atoms. The minimum atomic E-state index is -0.298. The molecule has 2 aromatic heterocycles. The summed E-state index contributed by atoms with van der Waals surface area (Å²) in [7, 11) is 0. The number of aromatic nitrogens is 3. The van der Waals surface area contributed by atoms with E-state index in [0.717, 1.165) is 27.9 Å². The third-order valence-corrected chi connectivity index (χ3v) is 4.60. The van der Waals surface area contributed by atoms with E-state index in [4.69, 9.17) is 4.74 Å². The fraction of sp³-hybridized carbons (Fsp3) is 0.0870. The number of nitrogens with zero attached hydrogens (tertiary/aromatic N) is 4. The van der Waals surface area contributed by atoms with E-state index in [1.54, 1.807) is 29.2 Å². The zero-order valence-corrected chi connectivity index (χ0v) is 15.7. The van der Waals surface area contributed by atoms with Crippen LogP contribution < -0.4 is 4.74 Å². The van der Waals surface area contributed by atoms with Gasteiger partial charge in [0.25, 0.3) is 0 Å². The number of pyridine rings is 1. The molecule has 0 aliphatic rings.